The molecule has 0 N–H and O–H groups in total. The van der Waals surface area contributed by atoms with Crippen LogP contribution >= 0.6 is 0 Å². The number of furan rings is 1. The monoisotopic (exact) mass is 286 g/mol. The molecular formula is C14H22O6. The van der Waals surface area contributed by atoms with Crippen molar-refractivity contribution in [1.29, 1.82) is 0 Å². The summed E-state index contributed by atoms with van der Waals surface area (Å²) in [4.78, 5) is 11.2. The molecule has 1 heterocycles. The lowest BCUT2D eigenvalue weighted by Gasteiger charge is -2.10. The molecule has 6 nitrogen and oxygen atoms in total. The molecule has 0 saturated heterocycles. The molecule has 6 heteroatoms. The second-order valence-corrected chi connectivity index (χ2v) is 4.17. The maximum absolute atomic E-state index is 11.2. The Labute approximate surface area is 118 Å². The molecule has 114 valence electrons. The van der Waals surface area contributed by atoms with Crippen LogP contribution in [0, 0.1) is 0 Å². The lowest BCUT2D eigenvalue weighted by atomic mass is 10.3. The molecule has 1 unspecified atom stereocenters. The Balaban J connectivity index is 2.20. The summed E-state index contributed by atoms with van der Waals surface area (Å²) < 4.78 is 25.8. The summed E-state index contributed by atoms with van der Waals surface area (Å²) in [6, 6.07) is 3.28. The highest BCUT2D eigenvalue weighted by molar-refractivity contribution is 5.86. The number of esters is 1. The number of carbonyl (C=O) groups is 1. The highest BCUT2D eigenvalue weighted by Gasteiger charge is 2.15. The first kappa shape index (κ1) is 16.7. The molecule has 0 spiro atoms. The number of ether oxygens (including phenoxy) is 4. The highest BCUT2D eigenvalue weighted by atomic mass is 16.5. The van der Waals surface area contributed by atoms with Crippen molar-refractivity contribution in [2.75, 3.05) is 40.6 Å². The van der Waals surface area contributed by atoms with Gasteiger partial charge in [0.2, 0.25) is 5.76 Å². The molecule has 0 aromatic carbocycles. The smallest absolute Gasteiger partial charge is 0.373 e. The van der Waals surface area contributed by atoms with Gasteiger partial charge in [0, 0.05) is 20.3 Å². The third kappa shape index (κ3) is 5.73. The fraction of sp³-hybridized carbons (Fsp3) is 0.643. The van der Waals surface area contributed by atoms with Gasteiger partial charge in [0.25, 0.3) is 0 Å². The average molecular weight is 286 g/mol. The molecule has 0 amide bonds. The van der Waals surface area contributed by atoms with Crippen molar-refractivity contribution in [3.8, 4) is 0 Å². The minimum absolute atomic E-state index is 0.175. The molecule has 0 radical (unpaired) electrons. The predicted molar refractivity (Wildman–Crippen MR) is 71.7 cm³/mol. The summed E-state index contributed by atoms with van der Waals surface area (Å²) in [7, 11) is 2.97. The number of hydrogen-bond donors (Lipinski definition) is 0. The number of rotatable bonds is 10. The quantitative estimate of drug-likeness (QED) is 0.485. The van der Waals surface area contributed by atoms with Gasteiger partial charge in [0.1, 0.15) is 11.9 Å². The van der Waals surface area contributed by atoms with Gasteiger partial charge in [-0.2, -0.15) is 0 Å². The van der Waals surface area contributed by atoms with Crippen molar-refractivity contribution in [3.05, 3.63) is 23.7 Å². The zero-order chi connectivity index (χ0) is 14.8. The second kappa shape index (κ2) is 9.52. The Bertz CT molecular complexity index is 387. The predicted octanol–water partition coefficient (Wildman–Crippen LogP) is 2.20. The lowest BCUT2D eigenvalue weighted by molar-refractivity contribution is -0.000685. The SMILES string of the molecule is COCCCOCCOC(C)c1ccc(C(=O)OC)o1. The van der Waals surface area contributed by atoms with Crippen LogP contribution in [0.3, 0.4) is 0 Å². The van der Waals surface area contributed by atoms with Gasteiger partial charge in [-0.3, -0.25) is 0 Å². The van der Waals surface area contributed by atoms with E-state index in [2.05, 4.69) is 4.74 Å². The van der Waals surface area contributed by atoms with Crippen molar-refractivity contribution < 1.29 is 28.2 Å². The normalized spacial score (nSPS) is 12.3. The maximum atomic E-state index is 11.2. The van der Waals surface area contributed by atoms with E-state index in [1.165, 1.54) is 7.11 Å². The summed E-state index contributed by atoms with van der Waals surface area (Å²) >= 11 is 0. The first-order valence-electron chi connectivity index (χ1n) is 6.55. The zero-order valence-corrected chi connectivity index (χ0v) is 12.2. The Kier molecular flexibility index (Phi) is 7.94. The fourth-order valence-electron chi connectivity index (χ4n) is 1.55. The van der Waals surface area contributed by atoms with Crippen LogP contribution in [0.5, 0.6) is 0 Å². The highest BCUT2D eigenvalue weighted by Crippen LogP contribution is 2.19. The minimum Gasteiger partial charge on any atom is -0.463 e. The van der Waals surface area contributed by atoms with E-state index in [1.807, 2.05) is 6.92 Å². The van der Waals surface area contributed by atoms with Crippen LogP contribution in [0.1, 0.15) is 35.8 Å². The Morgan fingerprint density at radius 3 is 2.70 bits per heavy atom. The van der Waals surface area contributed by atoms with E-state index in [1.54, 1.807) is 19.2 Å². The van der Waals surface area contributed by atoms with Crippen molar-refractivity contribution in [2.45, 2.75) is 19.4 Å². The molecule has 0 aliphatic heterocycles. The van der Waals surface area contributed by atoms with Gasteiger partial charge in [-0.15, -0.1) is 0 Å². The Morgan fingerprint density at radius 2 is 2.00 bits per heavy atom. The van der Waals surface area contributed by atoms with E-state index in [0.717, 1.165) is 6.42 Å². The molecule has 1 aromatic heterocycles. The largest absolute Gasteiger partial charge is 0.463 e. The Morgan fingerprint density at radius 1 is 1.20 bits per heavy atom. The van der Waals surface area contributed by atoms with Crippen molar-refractivity contribution in [3.63, 3.8) is 0 Å². The van der Waals surface area contributed by atoms with E-state index < -0.39 is 5.97 Å². The molecule has 0 aliphatic rings. The molecule has 1 rings (SSSR count). The zero-order valence-electron chi connectivity index (χ0n) is 12.2. The molecule has 0 fully saturated rings. The van der Waals surface area contributed by atoms with E-state index in [-0.39, 0.29) is 11.9 Å². The summed E-state index contributed by atoms with van der Waals surface area (Å²) in [5, 5.41) is 0. The second-order valence-electron chi connectivity index (χ2n) is 4.17. The van der Waals surface area contributed by atoms with E-state index in [9.17, 15) is 4.79 Å². The average Bonchev–Trinajstić information content (AvgIpc) is 2.95. The lowest BCUT2D eigenvalue weighted by Crippen LogP contribution is -2.08. The number of hydrogen-bond acceptors (Lipinski definition) is 6. The third-order valence-corrected chi connectivity index (χ3v) is 2.65. The van der Waals surface area contributed by atoms with Crippen LogP contribution in [0.2, 0.25) is 0 Å². The Hall–Kier alpha value is -1.37. The first-order chi connectivity index (χ1) is 9.69. The number of carbonyl (C=O) groups excluding carboxylic acids is 1. The van der Waals surface area contributed by atoms with E-state index in [0.29, 0.717) is 32.2 Å². The fourth-order valence-corrected chi connectivity index (χ4v) is 1.55. The summed E-state index contributed by atoms with van der Waals surface area (Å²) in [5.41, 5.74) is 0. The molecule has 0 saturated carbocycles. The summed E-state index contributed by atoms with van der Waals surface area (Å²) in [6.07, 6.45) is 0.628. The van der Waals surface area contributed by atoms with Crippen LogP contribution in [-0.2, 0) is 18.9 Å². The van der Waals surface area contributed by atoms with Gasteiger partial charge >= 0.3 is 5.97 Å². The van der Waals surface area contributed by atoms with Crippen molar-refractivity contribution >= 4 is 5.97 Å². The van der Waals surface area contributed by atoms with Gasteiger partial charge in [0.05, 0.1) is 20.3 Å². The van der Waals surface area contributed by atoms with Gasteiger partial charge in [-0.1, -0.05) is 0 Å². The molecular weight excluding hydrogens is 264 g/mol. The number of methoxy groups -OCH3 is 2. The van der Waals surface area contributed by atoms with Gasteiger partial charge in [0.15, 0.2) is 0 Å². The van der Waals surface area contributed by atoms with Crippen LogP contribution in [0.25, 0.3) is 0 Å². The van der Waals surface area contributed by atoms with Crippen LogP contribution in [0.15, 0.2) is 16.5 Å². The van der Waals surface area contributed by atoms with E-state index in [4.69, 9.17) is 18.6 Å². The van der Waals surface area contributed by atoms with E-state index >= 15 is 0 Å². The van der Waals surface area contributed by atoms with Crippen molar-refractivity contribution in [1.82, 2.24) is 0 Å². The van der Waals surface area contributed by atoms with Crippen LogP contribution in [0.4, 0.5) is 0 Å². The third-order valence-electron chi connectivity index (χ3n) is 2.65. The van der Waals surface area contributed by atoms with Gasteiger partial charge in [-0.05, 0) is 25.5 Å². The first-order valence-corrected chi connectivity index (χ1v) is 6.55. The van der Waals surface area contributed by atoms with Crippen LogP contribution in [-0.4, -0.2) is 46.6 Å². The van der Waals surface area contributed by atoms with Gasteiger partial charge in [-0.25, -0.2) is 4.79 Å². The van der Waals surface area contributed by atoms with Gasteiger partial charge < -0.3 is 23.4 Å². The van der Waals surface area contributed by atoms with Crippen LogP contribution < -0.4 is 0 Å². The molecule has 20 heavy (non-hydrogen) atoms. The maximum Gasteiger partial charge on any atom is 0.373 e. The van der Waals surface area contributed by atoms with Crippen molar-refractivity contribution in [2.24, 2.45) is 0 Å². The molecule has 1 atom stereocenters. The molecule has 0 bridgehead atoms. The summed E-state index contributed by atoms with van der Waals surface area (Å²) in [6.45, 7) is 4.17. The topological polar surface area (TPSA) is 67.1 Å². The minimum atomic E-state index is -0.495. The standard InChI is InChI=1S/C14H22O6/c1-11(19-10-9-18-8-4-7-16-2)12-5-6-13(20-12)14(15)17-3/h5-6,11H,4,7-10H2,1-3H3. The summed E-state index contributed by atoms with van der Waals surface area (Å²) in [5.74, 6) is 0.267. The molecule has 1 aromatic rings. The molecule has 0 aliphatic carbocycles.